The fourth-order valence-corrected chi connectivity index (χ4v) is 2.21. The van der Waals surface area contributed by atoms with Gasteiger partial charge < -0.3 is 5.32 Å². The molecule has 1 aromatic rings. The third-order valence-electron chi connectivity index (χ3n) is 3.48. The molecule has 0 bridgehead atoms. The van der Waals surface area contributed by atoms with Gasteiger partial charge in [-0.05, 0) is 42.3 Å². The molecule has 0 aliphatic rings. The third kappa shape index (κ3) is 5.20. The Morgan fingerprint density at radius 2 is 1.84 bits per heavy atom. The molecule has 0 aliphatic carbocycles. The second-order valence-electron chi connectivity index (χ2n) is 6.24. The van der Waals surface area contributed by atoms with E-state index in [1.54, 1.807) is 0 Å². The van der Waals surface area contributed by atoms with Crippen LogP contribution in [0.1, 0.15) is 64.1 Å². The maximum absolute atomic E-state index is 3.83. The molecule has 1 rings (SSSR count). The maximum Gasteiger partial charge on any atom is 0.0323 e. The van der Waals surface area contributed by atoms with Crippen molar-refractivity contribution in [3.8, 4) is 0 Å². The van der Waals surface area contributed by atoms with E-state index in [9.17, 15) is 0 Å². The fraction of sp³-hybridized carbons (Fsp3) is 0.556. The van der Waals surface area contributed by atoms with Crippen molar-refractivity contribution in [1.29, 1.82) is 0 Å². The van der Waals surface area contributed by atoms with E-state index in [4.69, 9.17) is 0 Å². The number of nitrogens with one attached hydrogen (secondary N) is 1. The second kappa shape index (κ2) is 7.49. The molecule has 1 nitrogen and oxygen atoms in total. The van der Waals surface area contributed by atoms with Gasteiger partial charge in [-0.15, -0.1) is 6.58 Å². The molecule has 0 spiro atoms. The van der Waals surface area contributed by atoms with Crippen molar-refractivity contribution in [3.05, 3.63) is 48.0 Å². The van der Waals surface area contributed by atoms with Crippen LogP contribution in [0.3, 0.4) is 0 Å². The number of benzene rings is 1. The minimum atomic E-state index is 0.228. The summed E-state index contributed by atoms with van der Waals surface area (Å²) in [5.74, 6) is 0. The van der Waals surface area contributed by atoms with Gasteiger partial charge in [0.2, 0.25) is 0 Å². The van der Waals surface area contributed by atoms with Gasteiger partial charge in [-0.1, -0.05) is 58.0 Å². The van der Waals surface area contributed by atoms with Gasteiger partial charge in [0.05, 0.1) is 0 Å². The lowest BCUT2D eigenvalue weighted by atomic mass is 9.86. The minimum Gasteiger partial charge on any atom is -0.310 e. The smallest absolute Gasteiger partial charge is 0.0323 e. The summed E-state index contributed by atoms with van der Waals surface area (Å²) in [6.45, 7) is 13.9. The largest absolute Gasteiger partial charge is 0.310 e. The van der Waals surface area contributed by atoms with Crippen LogP contribution < -0.4 is 5.32 Å². The normalized spacial score (nSPS) is 13.3. The summed E-state index contributed by atoms with van der Waals surface area (Å²) in [4.78, 5) is 0. The average Bonchev–Trinajstić information content (AvgIpc) is 2.38. The Hall–Kier alpha value is -1.08. The SMILES string of the molecule is C=CCCC(NCCC)c1ccc(C(C)(C)C)cc1. The van der Waals surface area contributed by atoms with E-state index < -0.39 is 0 Å². The molecular formula is C18H29N. The zero-order valence-electron chi connectivity index (χ0n) is 13.0. The molecule has 0 aromatic heterocycles. The van der Waals surface area contributed by atoms with Gasteiger partial charge >= 0.3 is 0 Å². The molecule has 1 unspecified atom stereocenters. The first kappa shape index (κ1) is 16.0. The Balaban J connectivity index is 2.80. The maximum atomic E-state index is 3.83. The molecule has 19 heavy (non-hydrogen) atoms. The van der Waals surface area contributed by atoms with Crippen LogP contribution in [0.2, 0.25) is 0 Å². The Morgan fingerprint density at radius 1 is 1.21 bits per heavy atom. The van der Waals surface area contributed by atoms with Crippen molar-refractivity contribution in [2.45, 2.75) is 58.4 Å². The highest BCUT2D eigenvalue weighted by Gasteiger charge is 2.15. The van der Waals surface area contributed by atoms with Crippen LogP contribution in [0, 0.1) is 0 Å². The van der Waals surface area contributed by atoms with E-state index in [0.717, 1.165) is 19.4 Å². The van der Waals surface area contributed by atoms with Crippen molar-refractivity contribution >= 4 is 0 Å². The van der Waals surface area contributed by atoms with Crippen molar-refractivity contribution in [1.82, 2.24) is 5.32 Å². The molecule has 0 saturated carbocycles. The molecule has 0 aliphatic heterocycles. The van der Waals surface area contributed by atoms with Crippen molar-refractivity contribution in [3.63, 3.8) is 0 Å². The van der Waals surface area contributed by atoms with E-state index in [2.05, 4.69) is 63.9 Å². The number of rotatable bonds is 7. The third-order valence-corrected chi connectivity index (χ3v) is 3.48. The first-order valence-electron chi connectivity index (χ1n) is 7.43. The molecule has 0 radical (unpaired) electrons. The van der Waals surface area contributed by atoms with Crippen molar-refractivity contribution in [2.75, 3.05) is 6.54 Å². The highest BCUT2D eigenvalue weighted by molar-refractivity contribution is 5.29. The van der Waals surface area contributed by atoms with Crippen LogP contribution in [0.4, 0.5) is 0 Å². The Bertz CT molecular complexity index is 370. The quantitative estimate of drug-likeness (QED) is 0.680. The average molecular weight is 259 g/mol. The van der Waals surface area contributed by atoms with E-state index >= 15 is 0 Å². The van der Waals surface area contributed by atoms with Crippen LogP contribution in [-0.2, 0) is 5.41 Å². The summed E-state index contributed by atoms with van der Waals surface area (Å²) >= 11 is 0. The van der Waals surface area contributed by atoms with Gasteiger partial charge in [0.1, 0.15) is 0 Å². The summed E-state index contributed by atoms with van der Waals surface area (Å²) < 4.78 is 0. The minimum absolute atomic E-state index is 0.228. The van der Waals surface area contributed by atoms with Crippen LogP contribution in [-0.4, -0.2) is 6.54 Å². The monoisotopic (exact) mass is 259 g/mol. The molecule has 1 aromatic carbocycles. The zero-order valence-corrected chi connectivity index (χ0v) is 13.0. The van der Waals surface area contributed by atoms with E-state index in [1.807, 2.05) is 6.08 Å². The molecule has 0 amide bonds. The molecule has 1 N–H and O–H groups in total. The Labute approximate surface area is 119 Å². The van der Waals surface area contributed by atoms with Gasteiger partial charge in [0.15, 0.2) is 0 Å². The highest BCUT2D eigenvalue weighted by Crippen LogP contribution is 2.25. The summed E-state index contributed by atoms with van der Waals surface area (Å²) in [6.07, 6.45) is 5.36. The number of hydrogen-bond donors (Lipinski definition) is 1. The van der Waals surface area contributed by atoms with Gasteiger partial charge in [-0.2, -0.15) is 0 Å². The Kier molecular flexibility index (Phi) is 6.30. The van der Waals surface area contributed by atoms with Crippen molar-refractivity contribution < 1.29 is 0 Å². The van der Waals surface area contributed by atoms with Gasteiger partial charge in [0, 0.05) is 6.04 Å². The lowest BCUT2D eigenvalue weighted by Gasteiger charge is -2.22. The highest BCUT2D eigenvalue weighted by atomic mass is 14.9. The topological polar surface area (TPSA) is 12.0 Å². The standard InChI is InChI=1S/C18H29N/c1-6-8-9-17(19-14-7-2)15-10-12-16(13-11-15)18(3,4)5/h6,10-13,17,19H,1,7-9,14H2,2-5H3. The fourth-order valence-electron chi connectivity index (χ4n) is 2.21. The Morgan fingerprint density at radius 3 is 2.32 bits per heavy atom. The summed E-state index contributed by atoms with van der Waals surface area (Å²) in [6, 6.07) is 9.54. The lowest BCUT2D eigenvalue weighted by Crippen LogP contribution is -2.22. The van der Waals surface area contributed by atoms with E-state index in [1.165, 1.54) is 17.5 Å². The van der Waals surface area contributed by atoms with Crippen LogP contribution >= 0.6 is 0 Å². The zero-order chi connectivity index (χ0) is 14.3. The summed E-state index contributed by atoms with van der Waals surface area (Å²) in [5, 5.41) is 3.63. The predicted molar refractivity (Wildman–Crippen MR) is 85.6 cm³/mol. The first-order chi connectivity index (χ1) is 8.99. The van der Waals surface area contributed by atoms with Crippen molar-refractivity contribution in [2.24, 2.45) is 0 Å². The molecule has 0 saturated heterocycles. The van der Waals surface area contributed by atoms with Crippen LogP contribution in [0.5, 0.6) is 0 Å². The summed E-state index contributed by atoms with van der Waals surface area (Å²) in [5.41, 5.74) is 3.02. The van der Waals surface area contributed by atoms with Gasteiger partial charge in [-0.3, -0.25) is 0 Å². The van der Waals surface area contributed by atoms with Crippen LogP contribution in [0.15, 0.2) is 36.9 Å². The second-order valence-corrected chi connectivity index (χ2v) is 6.24. The van der Waals surface area contributed by atoms with Crippen LogP contribution in [0.25, 0.3) is 0 Å². The molecular weight excluding hydrogens is 230 g/mol. The molecule has 1 atom stereocenters. The predicted octanol–water partition coefficient (Wildman–Crippen LogP) is 4.99. The van der Waals surface area contributed by atoms with Gasteiger partial charge in [-0.25, -0.2) is 0 Å². The lowest BCUT2D eigenvalue weighted by molar-refractivity contribution is 0.502. The molecule has 0 heterocycles. The molecule has 106 valence electrons. The molecule has 0 fully saturated rings. The number of allylic oxidation sites excluding steroid dienone is 1. The van der Waals surface area contributed by atoms with E-state index in [-0.39, 0.29) is 5.41 Å². The van der Waals surface area contributed by atoms with E-state index in [0.29, 0.717) is 6.04 Å². The molecule has 1 heteroatoms. The van der Waals surface area contributed by atoms with Gasteiger partial charge in [0.25, 0.3) is 0 Å². The number of hydrogen-bond acceptors (Lipinski definition) is 1. The first-order valence-corrected chi connectivity index (χ1v) is 7.43. The summed E-state index contributed by atoms with van der Waals surface area (Å²) in [7, 11) is 0.